The molecule has 1 unspecified atom stereocenters. The molecule has 1 atom stereocenters. The highest BCUT2D eigenvalue weighted by Gasteiger charge is 1.89. The van der Waals surface area contributed by atoms with Crippen LogP contribution in [-0.4, -0.2) is 6.21 Å². The Kier molecular flexibility index (Phi) is 2.58. The summed E-state index contributed by atoms with van der Waals surface area (Å²) in [6.45, 7) is 1.91. The topological polar surface area (TPSA) is 12.4 Å². The van der Waals surface area contributed by atoms with Crippen molar-refractivity contribution < 1.29 is 0 Å². The largest absolute Gasteiger partial charge is 0.261 e. The van der Waals surface area contributed by atoms with Gasteiger partial charge in [0.15, 0.2) is 0 Å². The Labute approximate surface area is 63.4 Å². The minimum Gasteiger partial charge on any atom is -0.261 e. The third-order valence-electron chi connectivity index (χ3n) is 1.20. The van der Waals surface area contributed by atoms with Gasteiger partial charge in [0.1, 0.15) is 0 Å². The maximum Gasteiger partial charge on any atom is 0.0696 e. The van der Waals surface area contributed by atoms with E-state index in [9.17, 15) is 0 Å². The number of nitrogens with zero attached hydrogens (tertiary/aromatic N) is 1. The number of rotatable bonds is 1. The fourth-order valence-electron chi connectivity index (χ4n) is 0.744. The minimum absolute atomic E-state index is 1.02. The molecule has 52 valence electrons. The van der Waals surface area contributed by atoms with E-state index in [2.05, 4.69) is 14.2 Å². The van der Waals surface area contributed by atoms with Gasteiger partial charge < -0.3 is 0 Å². The standard InChI is InChI=1S/C8H10NP/c1-2-9-7-5-3-4-6-8(7)10/h2-6H,10H2,1H3. The summed E-state index contributed by atoms with van der Waals surface area (Å²) in [7, 11) is 2.65. The molecule has 0 amide bonds. The second-order valence-corrected chi connectivity index (χ2v) is 2.57. The van der Waals surface area contributed by atoms with Crippen molar-refractivity contribution in [3.63, 3.8) is 0 Å². The molecule has 0 saturated heterocycles. The predicted octanol–water partition coefficient (Wildman–Crippen LogP) is 1.91. The molecular weight excluding hydrogens is 141 g/mol. The van der Waals surface area contributed by atoms with Crippen LogP contribution >= 0.6 is 9.24 Å². The van der Waals surface area contributed by atoms with Crippen LogP contribution in [0.1, 0.15) is 6.92 Å². The molecule has 0 aliphatic heterocycles. The maximum atomic E-state index is 4.16. The summed E-state index contributed by atoms with van der Waals surface area (Å²) in [5, 5.41) is 1.14. The molecule has 0 aliphatic rings. The maximum absolute atomic E-state index is 4.16. The summed E-state index contributed by atoms with van der Waals surface area (Å²) in [5.41, 5.74) is 1.02. The summed E-state index contributed by atoms with van der Waals surface area (Å²) in [5.74, 6) is 0. The summed E-state index contributed by atoms with van der Waals surface area (Å²) in [4.78, 5) is 4.16. The highest BCUT2D eigenvalue weighted by atomic mass is 31.0. The minimum atomic E-state index is 1.02. The summed E-state index contributed by atoms with van der Waals surface area (Å²) in [6.07, 6.45) is 1.79. The molecule has 0 fully saturated rings. The van der Waals surface area contributed by atoms with Crippen molar-refractivity contribution in [3.05, 3.63) is 24.3 Å². The van der Waals surface area contributed by atoms with Crippen molar-refractivity contribution in [2.24, 2.45) is 4.99 Å². The van der Waals surface area contributed by atoms with Crippen LogP contribution in [-0.2, 0) is 0 Å². The zero-order valence-corrected chi connectivity index (χ0v) is 7.07. The number of benzene rings is 1. The lowest BCUT2D eigenvalue weighted by Gasteiger charge is -1.95. The van der Waals surface area contributed by atoms with Crippen LogP contribution in [0, 0.1) is 0 Å². The van der Waals surface area contributed by atoms with Crippen molar-refractivity contribution in [1.29, 1.82) is 0 Å². The van der Waals surface area contributed by atoms with Gasteiger partial charge in [0.2, 0.25) is 0 Å². The third kappa shape index (κ3) is 1.65. The first-order valence-corrected chi connectivity index (χ1v) is 3.75. The zero-order valence-electron chi connectivity index (χ0n) is 5.91. The van der Waals surface area contributed by atoms with E-state index in [0.29, 0.717) is 0 Å². The lowest BCUT2D eigenvalue weighted by molar-refractivity contribution is 1.56. The van der Waals surface area contributed by atoms with Gasteiger partial charge >= 0.3 is 0 Å². The monoisotopic (exact) mass is 151 g/mol. The number of para-hydroxylation sites is 1. The molecule has 0 bridgehead atoms. The SMILES string of the molecule is CC=Nc1ccccc1P. The van der Waals surface area contributed by atoms with Crippen molar-refractivity contribution in [3.8, 4) is 0 Å². The molecular formula is C8H10NP. The van der Waals surface area contributed by atoms with Gasteiger partial charge in [-0.25, -0.2) is 0 Å². The summed E-state index contributed by atoms with van der Waals surface area (Å²) >= 11 is 0. The first-order valence-electron chi connectivity index (χ1n) is 3.18. The van der Waals surface area contributed by atoms with Gasteiger partial charge in [0.25, 0.3) is 0 Å². The summed E-state index contributed by atoms with van der Waals surface area (Å²) in [6, 6.07) is 7.99. The van der Waals surface area contributed by atoms with Gasteiger partial charge in [0, 0.05) is 6.21 Å². The molecule has 2 heteroatoms. The molecule has 0 aliphatic carbocycles. The first kappa shape index (κ1) is 7.43. The zero-order chi connectivity index (χ0) is 7.40. The van der Waals surface area contributed by atoms with E-state index in [1.807, 2.05) is 31.2 Å². The number of hydrogen-bond donors (Lipinski definition) is 0. The smallest absolute Gasteiger partial charge is 0.0696 e. The Morgan fingerprint density at radius 3 is 2.70 bits per heavy atom. The van der Waals surface area contributed by atoms with Crippen LogP contribution in [0.15, 0.2) is 29.3 Å². The lowest BCUT2D eigenvalue weighted by Crippen LogP contribution is -1.88. The molecule has 1 nitrogen and oxygen atoms in total. The molecule has 0 radical (unpaired) electrons. The van der Waals surface area contributed by atoms with E-state index in [1.54, 1.807) is 6.21 Å². The average molecular weight is 151 g/mol. The normalized spacial score (nSPS) is 10.6. The van der Waals surface area contributed by atoms with Crippen LogP contribution in [0.4, 0.5) is 5.69 Å². The van der Waals surface area contributed by atoms with Gasteiger partial charge in [-0.2, -0.15) is 0 Å². The van der Waals surface area contributed by atoms with E-state index >= 15 is 0 Å². The van der Waals surface area contributed by atoms with Crippen LogP contribution < -0.4 is 5.30 Å². The molecule has 1 rings (SSSR count). The van der Waals surface area contributed by atoms with Gasteiger partial charge in [-0.05, 0) is 18.3 Å². The molecule has 10 heavy (non-hydrogen) atoms. The molecule has 0 heterocycles. The molecule has 1 aromatic rings. The van der Waals surface area contributed by atoms with Gasteiger partial charge in [-0.3, -0.25) is 4.99 Å². The molecule has 0 saturated carbocycles. The highest BCUT2D eigenvalue weighted by molar-refractivity contribution is 7.28. The molecule has 1 aromatic carbocycles. The number of hydrogen-bond acceptors (Lipinski definition) is 1. The van der Waals surface area contributed by atoms with Crippen LogP contribution in [0.25, 0.3) is 0 Å². The Morgan fingerprint density at radius 1 is 1.40 bits per heavy atom. The molecule has 0 N–H and O–H groups in total. The fourth-order valence-corrected chi connectivity index (χ4v) is 1.03. The van der Waals surface area contributed by atoms with E-state index in [1.165, 1.54) is 0 Å². The quantitative estimate of drug-likeness (QED) is 0.429. The van der Waals surface area contributed by atoms with Gasteiger partial charge in [-0.15, -0.1) is 9.24 Å². The molecule has 0 aromatic heterocycles. The summed E-state index contributed by atoms with van der Waals surface area (Å²) < 4.78 is 0. The second-order valence-electron chi connectivity index (χ2n) is 1.95. The van der Waals surface area contributed by atoms with Crippen molar-refractivity contribution in [2.75, 3.05) is 0 Å². The van der Waals surface area contributed by atoms with Crippen molar-refractivity contribution >= 4 is 26.4 Å². The van der Waals surface area contributed by atoms with Crippen LogP contribution in [0.3, 0.4) is 0 Å². The van der Waals surface area contributed by atoms with E-state index in [4.69, 9.17) is 0 Å². The van der Waals surface area contributed by atoms with E-state index in [-0.39, 0.29) is 0 Å². The number of aliphatic imine (C=N–C) groups is 1. The van der Waals surface area contributed by atoms with E-state index < -0.39 is 0 Å². The third-order valence-corrected chi connectivity index (χ3v) is 1.69. The lowest BCUT2D eigenvalue weighted by atomic mass is 10.3. The highest BCUT2D eigenvalue weighted by Crippen LogP contribution is 2.09. The molecule has 0 spiro atoms. The van der Waals surface area contributed by atoms with Crippen LogP contribution in [0.2, 0.25) is 0 Å². The van der Waals surface area contributed by atoms with E-state index in [0.717, 1.165) is 11.0 Å². The predicted molar refractivity (Wildman–Crippen MR) is 49.6 cm³/mol. The van der Waals surface area contributed by atoms with Gasteiger partial charge in [0.05, 0.1) is 5.69 Å². The Bertz CT molecular complexity index is 243. The first-order chi connectivity index (χ1) is 4.84. The van der Waals surface area contributed by atoms with Crippen LogP contribution in [0.5, 0.6) is 0 Å². The van der Waals surface area contributed by atoms with Crippen molar-refractivity contribution in [2.45, 2.75) is 6.92 Å². The Balaban J connectivity index is 3.03. The Morgan fingerprint density at radius 2 is 2.10 bits per heavy atom. The Hall–Kier alpha value is -0.680. The fraction of sp³-hybridized carbons (Fsp3) is 0.125. The average Bonchev–Trinajstić information content (AvgIpc) is 1.94. The second kappa shape index (κ2) is 3.48. The van der Waals surface area contributed by atoms with Crippen molar-refractivity contribution in [1.82, 2.24) is 0 Å². The van der Waals surface area contributed by atoms with Gasteiger partial charge in [-0.1, -0.05) is 18.2 Å².